The van der Waals surface area contributed by atoms with Crippen LogP contribution in [0.4, 0.5) is 0 Å². The molecule has 1 N–H and O–H groups in total. The Hall–Kier alpha value is -1.84. The van der Waals surface area contributed by atoms with Crippen LogP contribution in [0.5, 0.6) is 0 Å². The minimum Gasteiger partial charge on any atom is -0.443 e. The Labute approximate surface area is 100 Å². The number of nitrogens with zero attached hydrogens (tertiary/aromatic N) is 1. The Balaban J connectivity index is 2.27. The van der Waals surface area contributed by atoms with Crippen molar-refractivity contribution in [3.63, 3.8) is 0 Å². The molecule has 0 unspecified atom stereocenters. The first kappa shape index (κ1) is 11.6. The monoisotopic (exact) mass is 232 g/mol. The van der Waals surface area contributed by atoms with E-state index in [4.69, 9.17) is 4.42 Å². The maximum atomic E-state index is 11.0. The number of hydrogen-bond acceptors (Lipinski definition) is 3. The van der Waals surface area contributed by atoms with E-state index in [0.29, 0.717) is 6.54 Å². The summed E-state index contributed by atoms with van der Waals surface area (Å²) in [7, 11) is 0. The molecule has 90 valence electrons. The van der Waals surface area contributed by atoms with E-state index in [1.165, 1.54) is 13.3 Å². The van der Waals surface area contributed by atoms with Crippen molar-refractivity contribution in [1.29, 1.82) is 0 Å². The fourth-order valence-electron chi connectivity index (χ4n) is 1.72. The Morgan fingerprint density at radius 2 is 2.24 bits per heavy atom. The molecule has 0 spiro atoms. The minimum atomic E-state index is -0.132. The Bertz CT molecular complexity index is 543. The van der Waals surface area contributed by atoms with Crippen LogP contribution in [-0.4, -0.2) is 17.4 Å². The van der Waals surface area contributed by atoms with Gasteiger partial charge < -0.3 is 9.73 Å². The van der Waals surface area contributed by atoms with E-state index in [2.05, 4.69) is 24.1 Å². The molecule has 0 atom stereocenters. The Kier molecular flexibility index (Phi) is 2.88. The molecule has 4 nitrogen and oxygen atoms in total. The van der Waals surface area contributed by atoms with Gasteiger partial charge in [0.15, 0.2) is 12.0 Å². The van der Waals surface area contributed by atoms with E-state index in [-0.39, 0.29) is 11.3 Å². The predicted molar refractivity (Wildman–Crippen MR) is 65.7 cm³/mol. The van der Waals surface area contributed by atoms with Crippen LogP contribution in [0.25, 0.3) is 11.1 Å². The number of fused-ring (bicyclic) bond motifs is 1. The summed E-state index contributed by atoms with van der Waals surface area (Å²) in [4.78, 5) is 15.0. The van der Waals surface area contributed by atoms with Gasteiger partial charge in [0, 0.05) is 18.9 Å². The van der Waals surface area contributed by atoms with Crippen LogP contribution in [0.3, 0.4) is 0 Å². The highest BCUT2D eigenvalue weighted by atomic mass is 16.3. The predicted octanol–water partition coefficient (Wildman–Crippen LogP) is 2.24. The Morgan fingerprint density at radius 1 is 1.47 bits per heavy atom. The SMILES string of the molecule is CC(=O)NCC(C)(C)c1ccc2ncoc2c1. The number of amides is 1. The molecular formula is C13H16N2O2. The molecule has 0 radical (unpaired) electrons. The number of rotatable bonds is 3. The molecule has 1 heterocycles. The number of benzene rings is 1. The lowest BCUT2D eigenvalue weighted by molar-refractivity contribution is -0.119. The van der Waals surface area contributed by atoms with Crippen LogP contribution in [0, 0.1) is 0 Å². The van der Waals surface area contributed by atoms with Crippen LogP contribution in [0.15, 0.2) is 29.0 Å². The molecule has 0 aliphatic rings. The van der Waals surface area contributed by atoms with Gasteiger partial charge >= 0.3 is 0 Å². The number of oxazole rings is 1. The summed E-state index contributed by atoms with van der Waals surface area (Å²) < 4.78 is 5.28. The molecule has 0 saturated heterocycles. The molecule has 1 aromatic heterocycles. The molecule has 17 heavy (non-hydrogen) atoms. The third-order valence-electron chi connectivity index (χ3n) is 2.89. The van der Waals surface area contributed by atoms with Gasteiger partial charge in [-0.3, -0.25) is 4.79 Å². The summed E-state index contributed by atoms with van der Waals surface area (Å²) in [6.07, 6.45) is 1.44. The molecule has 1 amide bonds. The van der Waals surface area contributed by atoms with E-state index in [9.17, 15) is 4.79 Å². The molecule has 4 heteroatoms. The zero-order valence-electron chi connectivity index (χ0n) is 10.3. The number of nitrogens with one attached hydrogen (secondary N) is 1. The fraction of sp³-hybridized carbons (Fsp3) is 0.385. The normalized spacial score (nSPS) is 11.7. The van der Waals surface area contributed by atoms with Crippen LogP contribution in [0.1, 0.15) is 26.3 Å². The summed E-state index contributed by atoms with van der Waals surface area (Å²) in [5.74, 6) is -0.0150. The number of carbonyl (C=O) groups excluding carboxylic acids is 1. The molecule has 1 aromatic carbocycles. The zero-order chi connectivity index (χ0) is 12.5. The van der Waals surface area contributed by atoms with Crippen molar-refractivity contribution >= 4 is 17.0 Å². The van der Waals surface area contributed by atoms with Crippen molar-refractivity contribution in [3.05, 3.63) is 30.2 Å². The van der Waals surface area contributed by atoms with Gasteiger partial charge in [-0.2, -0.15) is 0 Å². The molecule has 2 rings (SSSR count). The number of aromatic nitrogens is 1. The highest BCUT2D eigenvalue weighted by molar-refractivity contribution is 5.74. The fourth-order valence-corrected chi connectivity index (χ4v) is 1.72. The summed E-state index contributed by atoms with van der Waals surface area (Å²) in [5, 5.41) is 2.84. The van der Waals surface area contributed by atoms with Gasteiger partial charge in [0.2, 0.25) is 5.91 Å². The van der Waals surface area contributed by atoms with Crippen molar-refractivity contribution in [2.75, 3.05) is 6.54 Å². The standard InChI is InChI=1S/C13H16N2O2/c1-9(16)14-7-13(2,3)10-4-5-11-12(6-10)17-8-15-11/h4-6,8H,7H2,1-3H3,(H,14,16). The topological polar surface area (TPSA) is 55.1 Å². The summed E-state index contributed by atoms with van der Waals surface area (Å²) in [6.45, 7) is 6.29. The second kappa shape index (κ2) is 4.20. The number of carbonyl (C=O) groups is 1. The lowest BCUT2D eigenvalue weighted by Gasteiger charge is -2.25. The van der Waals surface area contributed by atoms with Crippen molar-refractivity contribution < 1.29 is 9.21 Å². The minimum absolute atomic E-state index is 0.0150. The van der Waals surface area contributed by atoms with Crippen LogP contribution < -0.4 is 5.32 Å². The largest absolute Gasteiger partial charge is 0.443 e. The van der Waals surface area contributed by atoms with Crippen molar-refractivity contribution in [2.24, 2.45) is 0 Å². The van der Waals surface area contributed by atoms with E-state index in [1.54, 1.807) is 0 Å². The highest BCUT2D eigenvalue weighted by Crippen LogP contribution is 2.25. The number of hydrogen-bond donors (Lipinski definition) is 1. The molecule has 0 saturated carbocycles. The van der Waals surface area contributed by atoms with Gasteiger partial charge in [0.1, 0.15) is 5.52 Å². The van der Waals surface area contributed by atoms with Gasteiger partial charge in [-0.05, 0) is 17.7 Å². The smallest absolute Gasteiger partial charge is 0.216 e. The summed E-state index contributed by atoms with van der Waals surface area (Å²) >= 11 is 0. The Morgan fingerprint density at radius 3 is 2.94 bits per heavy atom. The summed E-state index contributed by atoms with van der Waals surface area (Å²) in [5.41, 5.74) is 2.62. The first-order chi connectivity index (χ1) is 7.99. The molecular weight excluding hydrogens is 216 g/mol. The first-order valence-electron chi connectivity index (χ1n) is 5.57. The van der Waals surface area contributed by atoms with E-state index in [0.717, 1.165) is 16.7 Å². The second-order valence-electron chi connectivity index (χ2n) is 4.83. The maximum Gasteiger partial charge on any atom is 0.216 e. The van der Waals surface area contributed by atoms with Gasteiger partial charge in [-0.15, -0.1) is 0 Å². The lowest BCUT2D eigenvalue weighted by Crippen LogP contribution is -2.35. The molecule has 0 aliphatic heterocycles. The third-order valence-corrected chi connectivity index (χ3v) is 2.89. The average molecular weight is 232 g/mol. The highest BCUT2D eigenvalue weighted by Gasteiger charge is 2.21. The average Bonchev–Trinajstić information content (AvgIpc) is 2.73. The van der Waals surface area contributed by atoms with Gasteiger partial charge in [0.25, 0.3) is 0 Å². The van der Waals surface area contributed by atoms with Gasteiger partial charge in [-0.25, -0.2) is 4.98 Å². The first-order valence-corrected chi connectivity index (χ1v) is 5.57. The van der Waals surface area contributed by atoms with E-state index >= 15 is 0 Å². The molecule has 0 aliphatic carbocycles. The van der Waals surface area contributed by atoms with Crippen LogP contribution in [0.2, 0.25) is 0 Å². The van der Waals surface area contributed by atoms with Crippen LogP contribution >= 0.6 is 0 Å². The van der Waals surface area contributed by atoms with Crippen molar-refractivity contribution in [1.82, 2.24) is 10.3 Å². The second-order valence-corrected chi connectivity index (χ2v) is 4.83. The van der Waals surface area contributed by atoms with Crippen LogP contribution in [-0.2, 0) is 10.2 Å². The maximum absolute atomic E-state index is 11.0. The van der Waals surface area contributed by atoms with Gasteiger partial charge in [0.05, 0.1) is 0 Å². The molecule has 2 aromatic rings. The van der Waals surface area contributed by atoms with Gasteiger partial charge in [-0.1, -0.05) is 19.9 Å². The molecule has 0 fully saturated rings. The molecule has 0 bridgehead atoms. The lowest BCUT2D eigenvalue weighted by atomic mass is 9.84. The van der Waals surface area contributed by atoms with Crippen molar-refractivity contribution in [2.45, 2.75) is 26.2 Å². The zero-order valence-corrected chi connectivity index (χ0v) is 10.3. The quantitative estimate of drug-likeness (QED) is 0.883. The van der Waals surface area contributed by atoms with E-state index in [1.807, 2.05) is 18.2 Å². The van der Waals surface area contributed by atoms with E-state index < -0.39 is 0 Å². The third kappa shape index (κ3) is 2.46. The van der Waals surface area contributed by atoms with Crippen molar-refractivity contribution in [3.8, 4) is 0 Å². The summed E-state index contributed by atoms with van der Waals surface area (Å²) in [6, 6.07) is 5.93.